The van der Waals surface area contributed by atoms with Gasteiger partial charge in [-0.2, -0.15) is 5.26 Å². The molecule has 0 spiro atoms. The zero-order valence-electron chi connectivity index (χ0n) is 11.5. The van der Waals surface area contributed by atoms with Gasteiger partial charge in [-0.05, 0) is 38.9 Å². The molecular weight excluding hydrogens is 238 g/mol. The van der Waals surface area contributed by atoms with Gasteiger partial charge in [0.05, 0.1) is 18.7 Å². The molecule has 1 atom stereocenters. The second-order valence-corrected chi connectivity index (χ2v) is 5.06. The van der Waals surface area contributed by atoms with Gasteiger partial charge in [-0.25, -0.2) is 0 Å². The van der Waals surface area contributed by atoms with Crippen LogP contribution in [0.4, 0.5) is 5.69 Å². The molecule has 2 rings (SSSR count). The van der Waals surface area contributed by atoms with Gasteiger partial charge in [0.15, 0.2) is 0 Å². The van der Waals surface area contributed by atoms with Gasteiger partial charge in [0.2, 0.25) is 5.91 Å². The van der Waals surface area contributed by atoms with Crippen molar-refractivity contribution < 1.29 is 4.79 Å². The molecule has 19 heavy (non-hydrogen) atoms. The van der Waals surface area contributed by atoms with E-state index in [2.05, 4.69) is 6.07 Å². The SMILES string of the molecule is Cc1ccc(N2CCCC(N(C)CC#N)C2=O)cc1. The smallest absolute Gasteiger partial charge is 0.244 e. The first-order valence-corrected chi connectivity index (χ1v) is 6.58. The van der Waals surface area contributed by atoms with Crippen LogP contribution >= 0.6 is 0 Å². The van der Waals surface area contributed by atoms with Crippen molar-refractivity contribution in [2.45, 2.75) is 25.8 Å². The van der Waals surface area contributed by atoms with Crippen LogP contribution in [0.3, 0.4) is 0 Å². The molecule has 1 fully saturated rings. The Morgan fingerprint density at radius 3 is 2.74 bits per heavy atom. The Kier molecular flexibility index (Phi) is 4.18. The summed E-state index contributed by atoms with van der Waals surface area (Å²) in [7, 11) is 1.84. The summed E-state index contributed by atoms with van der Waals surface area (Å²) in [6, 6.07) is 9.94. The average molecular weight is 257 g/mol. The lowest BCUT2D eigenvalue weighted by molar-refractivity contribution is -0.124. The quantitative estimate of drug-likeness (QED) is 0.777. The highest BCUT2D eigenvalue weighted by Crippen LogP contribution is 2.23. The summed E-state index contributed by atoms with van der Waals surface area (Å²) in [5, 5.41) is 8.75. The minimum Gasteiger partial charge on any atom is -0.311 e. The summed E-state index contributed by atoms with van der Waals surface area (Å²) in [6.07, 6.45) is 1.80. The first-order valence-electron chi connectivity index (χ1n) is 6.58. The van der Waals surface area contributed by atoms with Gasteiger partial charge in [-0.3, -0.25) is 9.69 Å². The number of aryl methyl sites for hydroxylation is 1. The van der Waals surface area contributed by atoms with Crippen LogP contribution in [0.15, 0.2) is 24.3 Å². The first kappa shape index (κ1) is 13.6. The van der Waals surface area contributed by atoms with E-state index in [-0.39, 0.29) is 18.5 Å². The van der Waals surface area contributed by atoms with Gasteiger partial charge in [-0.1, -0.05) is 17.7 Å². The van der Waals surface area contributed by atoms with Crippen LogP contribution in [-0.2, 0) is 4.79 Å². The Morgan fingerprint density at radius 1 is 1.42 bits per heavy atom. The zero-order chi connectivity index (χ0) is 13.8. The number of hydrogen-bond acceptors (Lipinski definition) is 3. The van der Waals surface area contributed by atoms with Gasteiger partial charge in [0, 0.05) is 12.2 Å². The van der Waals surface area contributed by atoms with Gasteiger partial charge >= 0.3 is 0 Å². The number of benzene rings is 1. The number of hydrogen-bond donors (Lipinski definition) is 0. The van der Waals surface area contributed by atoms with Crippen molar-refractivity contribution >= 4 is 11.6 Å². The maximum Gasteiger partial charge on any atom is 0.244 e. The Bertz CT molecular complexity index is 489. The Labute approximate surface area is 114 Å². The van der Waals surface area contributed by atoms with Crippen molar-refractivity contribution in [1.82, 2.24) is 4.90 Å². The highest BCUT2D eigenvalue weighted by atomic mass is 16.2. The number of amides is 1. The lowest BCUT2D eigenvalue weighted by atomic mass is 10.0. The lowest BCUT2D eigenvalue weighted by Gasteiger charge is -2.36. The third-order valence-corrected chi connectivity index (χ3v) is 3.61. The summed E-state index contributed by atoms with van der Waals surface area (Å²) in [6.45, 7) is 3.09. The molecule has 4 heteroatoms. The van der Waals surface area contributed by atoms with E-state index in [0.717, 1.165) is 25.1 Å². The van der Waals surface area contributed by atoms with Crippen LogP contribution < -0.4 is 4.90 Å². The second-order valence-electron chi connectivity index (χ2n) is 5.06. The van der Waals surface area contributed by atoms with Gasteiger partial charge in [0.1, 0.15) is 0 Å². The monoisotopic (exact) mass is 257 g/mol. The molecule has 1 aliphatic heterocycles. The molecule has 1 heterocycles. The molecule has 1 aliphatic rings. The number of nitriles is 1. The fourth-order valence-electron chi connectivity index (χ4n) is 2.47. The summed E-state index contributed by atoms with van der Waals surface area (Å²) >= 11 is 0. The predicted octanol–water partition coefficient (Wildman–Crippen LogP) is 1.95. The molecule has 0 radical (unpaired) electrons. The molecule has 0 bridgehead atoms. The summed E-state index contributed by atoms with van der Waals surface area (Å²) in [5.74, 6) is 0.104. The van der Waals surface area contributed by atoms with E-state index in [0.29, 0.717) is 0 Å². The molecule has 1 amide bonds. The van der Waals surface area contributed by atoms with Crippen LogP contribution in [0.25, 0.3) is 0 Å². The van der Waals surface area contributed by atoms with Gasteiger partial charge < -0.3 is 4.90 Å². The first-order chi connectivity index (χ1) is 9.13. The van der Waals surface area contributed by atoms with Crippen molar-refractivity contribution in [2.75, 3.05) is 25.0 Å². The summed E-state index contributed by atoms with van der Waals surface area (Å²) in [4.78, 5) is 16.2. The predicted molar refractivity (Wildman–Crippen MR) is 74.8 cm³/mol. The van der Waals surface area contributed by atoms with E-state index in [1.54, 1.807) is 0 Å². The molecule has 4 nitrogen and oxygen atoms in total. The van der Waals surface area contributed by atoms with Crippen LogP contribution in [-0.4, -0.2) is 37.0 Å². The van der Waals surface area contributed by atoms with Crippen LogP contribution in [0.5, 0.6) is 0 Å². The topological polar surface area (TPSA) is 47.3 Å². The number of piperidine rings is 1. The third kappa shape index (κ3) is 2.94. The standard InChI is InChI=1S/C15H19N3O/c1-12-5-7-13(8-6-12)18-10-3-4-14(15(18)19)17(2)11-9-16/h5-8,14H,3-4,10-11H2,1-2H3. The third-order valence-electron chi connectivity index (χ3n) is 3.61. The molecule has 0 aliphatic carbocycles. The maximum atomic E-state index is 12.5. The van der Waals surface area contributed by atoms with Crippen LogP contribution in [0, 0.1) is 18.3 Å². The van der Waals surface area contributed by atoms with Crippen molar-refractivity contribution in [3.05, 3.63) is 29.8 Å². The number of nitrogens with zero attached hydrogens (tertiary/aromatic N) is 3. The largest absolute Gasteiger partial charge is 0.311 e. The van der Waals surface area contributed by atoms with E-state index < -0.39 is 0 Å². The number of anilines is 1. The Balaban J connectivity index is 2.16. The molecule has 0 N–H and O–H groups in total. The van der Waals surface area contributed by atoms with E-state index in [9.17, 15) is 4.79 Å². The molecular formula is C15H19N3O. The molecule has 0 aromatic heterocycles. The molecule has 1 aromatic carbocycles. The van der Waals surface area contributed by atoms with Crippen molar-refractivity contribution in [3.63, 3.8) is 0 Å². The van der Waals surface area contributed by atoms with Crippen molar-refractivity contribution in [1.29, 1.82) is 5.26 Å². The van der Waals surface area contributed by atoms with E-state index in [1.165, 1.54) is 5.56 Å². The Morgan fingerprint density at radius 2 is 2.11 bits per heavy atom. The summed E-state index contributed by atoms with van der Waals surface area (Å²) < 4.78 is 0. The lowest BCUT2D eigenvalue weighted by Crippen LogP contribution is -2.51. The molecule has 0 saturated carbocycles. The van der Waals surface area contributed by atoms with Gasteiger partial charge in [-0.15, -0.1) is 0 Å². The maximum absolute atomic E-state index is 12.5. The Hall–Kier alpha value is -1.86. The molecule has 1 aromatic rings. The highest BCUT2D eigenvalue weighted by molar-refractivity contribution is 5.97. The number of rotatable bonds is 3. The van der Waals surface area contributed by atoms with E-state index >= 15 is 0 Å². The van der Waals surface area contributed by atoms with E-state index in [1.807, 2.05) is 48.0 Å². The normalized spacial score (nSPS) is 19.6. The van der Waals surface area contributed by atoms with Crippen molar-refractivity contribution in [3.8, 4) is 6.07 Å². The highest BCUT2D eigenvalue weighted by Gasteiger charge is 2.32. The van der Waals surface area contributed by atoms with Crippen LogP contribution in [0.1, 0.15) is 18.4 Å². The molecule has 1 saturated heterocycles. The number of carbonyl (C=O) groups is 1. The molecule has 1 unspecified atom stereocenters. The van der Waals surface area contributed by atoms with Gasteiger partial charge in [0.25, 0.3) is 0 Å². The van der Waals surface area contributed by atoms with Crippen molar-refractivity contribution in [2.24, 2.45) is 0 Å². The minimum atomic E-state index is -0.172. The average Bonchev–Trinajstić information content (AvgIpc) is 2.40. The number of carbonyl (C=O) groups excluding carboxylic acids is 1. The number of likely N-dealkylation sites (N-methyl/N-ethyl adjacent to an activating group) is 1. The fraction of sp³-hybridized carbons (Fsp3) is 0.467. The fourth-order valence-corrected chi connectivity index (χ4v) is 2.47. The van der Waals surface area contributed by atoms with E-state index in [4.69, 9.17) is 5.26 Å². The summed E-state index contributed by atoms with van der Waals surface area (Å²) in [5.41, 5.74) is 2.14. The molecule has 100 valence electrons. The zero-order valence-corrected chi connectivity index (χ0v) is 11.5. The minimum absolute atomic E-state index is 0.104. The second kappa shape index (κ2) is 5.85. The van der Waals surface area contributed by atoms with Crippen LogP contribution in [0.2, 0.25) is 0 Å².